The van der Waals surface area contributed by atoms with Crippen LogP contribution >= 0.6 is 23.2 Å². The predicted molar refractivity (Wildman–Crippen MR) is 139 cm³/mol. The Balaban J connectivity index is 1.57. The third-order valence-corrected chi connectivity index (χ3v) is 5.91. The second-order valence-electron chi connectivity index (χ2n) is 7.71. The molecule has 1 heterocycles. The maximum absolute atomic E-state index is 12.4. The van der Waals surface area contributed by atoms with Gasteiger partial charge in [-0.05, 0) is 47.5 Å². The number of fused-ring (bicyclic) bond motifs is 1. The highest BCUT2D eigenvalue weighted by molar-refractivity contribution is 6.35. The Morgan fingerprint density at radius 2 is 1.86 bits per heavy atom. The highest BCUT2D eigenvalue weighted by Gasteiger charge is 2.31. The lowest BCUT2D eigenvalue weighted by atomic mass is 9.83. The Bertz CT molecular complexity index is 1420. The van der Waals surface area contributed by atoms with Crippen LogP contribution < -0.4 is 19.9 Å². The van der Waals surface area contributed by atoms with E-state index in [9.17, 15) is 10.1 Å². The van der Waals surface area contributed by atoms with Crippen molar-refractivity contribution in [2.24, 2.45) is 5.73 Å². The molecular weight excluding hydrogens is 499 g/mol. The molecule has 0 radical (unpaired) electrons. The van der Waals surface area contributed by atoms with Crippen molar-refractivity contribution in [3.05, 3.63) is 118 Å². The molecule has 0 bridgehead atoms. The van der Waals surface area contributed by atoms with Gasteiger partial charge in [0.2, 0.25) is 5.88 Å². The summed E-state index contributed by atoms with van der Waals surface area (Å²) >= 11 is 12.0. The Hall–Kier alpha value is -4.18. The van der Waals surface area contributed by atoms with Crippen LogP contribution in [0.3, 0.4) is 0 Å². The minimum atomic E-state index is -0.607. The topological polar surface area (TPSA) is 94.6 Å². The molecule has 0 amide bonds. The predicted octanol–water partition coefficient (Wildman–Crippen LogP) is 6.40. The van der Waals surface area contributed by atoms with Crippen LogP contribution in [-0.4, -0.2) is 12.6 Å². The van der Waals surface area contributed by atoms with Crippen molar-refractivity contribution in [3.8, 4) is 23.3 Å². The van der Waals surface area contributed by atoms with Crippen molar-refractivity contribution in [3.63, 3.8) is 0 Å². The molecule has 0 spiro atoms. The summed E-state index contributed by atoms with van der Waals surface area (Å²) in [5.74, 6) is 0.247. The molecule has 1 atom stereocenters. The molecule has 1 aliphatic rings. The van der Waals surface area contributed by atoms with Gasteiger partial charge in [-0.25, -0.2) is 4.79 Å². The number of rotatable bonds is 7. The Labute approximate surface area is 218 Å². The van der Waals surface area contributed by atoms with Crippen LogP contribution in [0.2, 0.25) is 10.0 Å². The number of ether oxygens (including phenoxy) is 3. The van der Waals surface area contributed by atoms with E-state index in [-0.39, 0.29) is 17.2 Å². The lowest BCUT2D eigenvalue weighted by Gasteiger charge is -2.26. The highest BCUT2D eigenvalue weighted by atomic mass is 35.5. The summed E-state index contributed by atoms with van der Waals surface area (Å²) in [6.07, 6.45) is 4.46. The maximum Gasteiger partial charge on any atom is 0.336 e. The van der Waals surface area contributed by atoms with Crippen LogP contribution in [0.4, 0.5) is 0 Å². The molecule has 0 saturated heterocycles. The molecule has 0 fully saturated rings. The summed E-state index contributed by atoms with van der Waals surface area (Å²) in [7, 11) is 0. The van der Waals surface area contributed by atoms with Crippen LogP contribution in [0.25, 0.3) is 6.08 Å². The fourth-order valence-electron chi connectivity index (χ4n) is 3.70. The van der Waals surface area contributed by atoms with Gasteiger partial charge in [0, 0.05) is 27.8 Å². The van der Waals surface area contributed by atoms with Gasteiger partial charge in [0.15, 0.2) is 0 Å². The Kier molecular flexibility index (Phi) is 7.65. The molecule has 0 saturated carbocycles. The number of nitriles is 1. The van der Waals surface area contributed by atoms with E-state index in [0.29, 0.717) is 39.3 Å². The zero-order chi connectivity index (χ0) is 25.7. The first-order chi connectivity index (χ1) is 17.4. The van der Waals surface area contributed by atoms with Crippen molar-refractivity contribution < 1.29 is 19.0 Å². The van der Waals surface area contributed by atoms with Crippen molar-refractivity contribution in [2.75, 3.05) is 6.61 Å². The molecule has 36 heavy (non-hydrogen) atoms. The molecule has 0 aromatic heterocycles. The zero-order valence-corrected chi connectivity index (χ0v) is 20.4. The van der Waals surface area contributed by atoms with E-state index in [1.807, 2.05) is 24.3 Å². The number of esters is 1. The lowest BCUT2D eigenvalue weighted by molar-refractivity contribution is -0.128. The summed E-state index contributed by atoms with van der Waals surface area (Å²) in [5, 5.41) is 10.7. The molecule has 4 rings (SSSR count). The fraction of sp³-hybridized carbons (Fsp3) is 0.0714. The van der Waals surface area contributed by atoms with Crippen LogP contribution in [0.15, 0.2) is 90.9 Å². The van der Waals surface area contributed by atoms with E-state index >= 15 is 0 Å². The molecule has 3 aromatic carbocycles. The first-order valence-corrected chi connectivity index (χ1v) is 11.6. The number of hydrogen-bond donors (Lipinski definition) is 1. The highest BCUT2D eigenvalue weighted by Crippen LogP contribution is 2.43. The van der Waals surface area contributed by atoms with E-state index in [4.69, 9.17) is 43.1 Å². The fourth-order valence-corrected chi connectivity index (χ4v) is 4.17. The molecule has 6 nitrogen and oxygen atoms in total. The van der Waals surface area contributed by atoms with Gasteiger partial charge in [-0.1, -0.05) is 60.1 Å². The lowest BCUT2D eigenvalue weighted by Crippen LogP contribution is -2.21. The van der Waals surface area contributed by atoms with Crippen LogP contribution in [-0.2, 0) is 4.79 Å². The maximum atomic E-state index is 12.4. The van der Waals surface area contributed by atoms with E-state index in [1.165, 1.54) is 12.2 Å². The number of nitrogens with two attached hydrogens (primary N) is 1. The number of halogens is 2. The third-order valence-electron chi connectivity index (χ3n) is 5.35. The van der Waals surface area contributed by atoms with Gasteiger partial charge in [-0.15, -0.1) is 0 Å². The normalized spacial score (nSPS) is 14.5. The van der Waals surface area contributed by atoms with Gasteiger partial charge >= 0.3 is 5.97 Å². The smallest absolute Gasteiger partial charge is 0.336 e. The van der Waals surface area contributed by atoms with Crippen LogP contribution in [0.5, 0.6) is 17.2 Å². The second kappa shape index (κ2) is 11.0. The van der Waals surface area contributed by atoms with E-state index < -0.39 is 11.9 Å². The quantitative estimate of drug-likeness (QED) is 0.168. The van der Waals surface area contributed by atoms with Crippen molar-refractivity contribution in [1.82, 2.24) is 0 Å². The van der Waals surface area contributed by atoms with Crippen molar-refractivity contribution >= 4 is 35.2 Å². The number of carbonyl (C=O) groups is 1. The standard InChI is InChI=1S/C28H20Cl2N2O4/c1-2-13-34-20-8-4-18(5-9-20)27-22-11-10-21(15-25(22)36-28(32)23(27)16-31)35-26(33)12-6-17-3-7-19(29)14-24(17)30/h2-12,14-15,27H,1,13,32H2/b12-6+. The number of allylic oxidation sites excluding steroid dienone is 1. The molecule has 180 valence electrons. The first kappa shape index (κ1) is 24.9. The number of nitrogens with zero attached hydrogens (tertiary/aromatic N) is 1. The van der Waals surface area contributed by atoms with Crippen LogP contribution in [0.1, 0.15) is 22.6 Å². The second-order valence-corrected chi connectivity index (χ2v) is 8.56. The molecule has 1 unspecified atom stereocenters. The third kappa shape index (κ3) is 5.55. The van der Waals surface area contributed by atoms with Gasteiger partial charge in [0.1, 0.15) is 35.5 Å². The SMILES string of the molecule is C=CCOc1ccc(C2C(C#N)=C(N)Oc3cc(OC(=O)/C=C/c4ccc(Cl)cc4Cl)ccc32)cc1. The number of hydrogen-bond acceptors (Lipinski definition) is 6. The summed E-state index contributed by atoms with van der Waals surface area (Å²) < 4.78 is 16.7. The first-order valence-electron chi connectivity index (χ1n) is 10.8. The van der Waals surface area contributed by atoms with Crippen molar-refractivity contribution in [1.29, 1.82) is 5.26 Å². The molecule has 1 aliphatic heterocycles. The Morgan fingerprint density at radius 1 is 1.11 bits per heavy atom. The summed E-state index contributed by atoms with van der Waals surface area (Å²) in [5.41, 5.74) is 8.53. The van der Waals surface area contributed by atoms with Crippen molar-refractivity contribution in [2.45, 2.75) is 5.92 Å². The van der Waals surface area contributed by atoms with E-state index in [2.05, 4.69) is 12.6 Å². The minimum absolute atomic E-state index is 0.0114. The summed E-state index contributed by atoms with van der Waals surface area (Å²) in [4.78, 5) is 12.4. The number of benzene rings is 3. The van der Waals surface area contributed by atoms with Crippen LogP contribution in [0, 0.1) is 11.3 Å². The molecule has 2 N–H and O–H groups in total. The van der Waals surface area contributed by atoms with E-state index in [0.717, 1.165) is 5.56 Å². The van der Waals surface area contributed by atoms with Gasteiger partial charge < -0.3 is 19.9 Å². The monoisotopic (exact) mass is 518 g/mol. The van der Waals surface area contributed by atoms with Gasteiger partial charge in [-0.3, -0.25) is 0 Å². The molecule has 3 aromatic rings. The average Bonchev–Trinajstić information content (AvgIpc) is 2.86. The van der Waals surface area contributed by atoms with Gasteiger partial charge in [0.05, 0.1) is 5.92 Å². The summed E-state index contributed by atoms with van der Waals surface area (Å²) in [6, 6.07) is 19.4. The van der Waals surface area contributed by atoms with E-state index in [1.54, 1.807) is 42.5 Å². The largest absolute Gasteiger partial charge is 0.490 e. The minimum Gasteiger partial charge on any atom is -0.490 e. The number of carbonyl (C=O) groups excluding carboxylic acids is 1. The average molecular weight is 519 g/mol. The summed E-state index contributed by atoms with van der Waals surface area (Å²) in [6.45, 7) is 4.02. The van der Waals surface area contributed by atoms with Gasteiger partial charge in [0.25, 0.3) is 0 Å². The molecule has 8 heteroatoms. The van der Waals surface area contributed by atoms with Gasteiger partial charge in [-0.2, -0.15) is 5.26 Å². The Morgan fingerprint density at radius 3 is 2.56 bits per heavy atom. The molecule has 0 aliphatic carbocycles. The molecular formula is C28H20Cl2N2O4. The zero-order valence-electron chi connectivity index (χ0n) is 18.9.